The monoisotopic (exact) mass is 553 g/mol. The molecule has 0 unspecified atom stereocenters. The summed E-state index contributed by atoms with van der Waals surface area (Å²) in [6, 6.07) is 2.81. The second-order valence-electron chi connectivity index (χ2n) is 10.9. The van der Waals surface area contributed by atoms with Crippen molar-refractivity contribution in [3.63, 3.8) is 0 Å². The smallest absolute Gasteiger partial charge is 0.351 e. The Bertz CT molecular complexity index is 1590. The van der Waals surface area contributed by atoms with Gasteiger partial charge in [-0.2, -0.15) is 4.98 Å². The lowest BCUT2D eigenvalue weighted by Crippen LogP contribution is -2.56. The molecule has 0 aliphatic carbocycles. The maximum absolute atomic E-state index is 16.3. The molecule has 0 spiro atoms. The molecule has 3 aliphatic rings. The number of rotatable bonds is 3. The fraction of sp³-hybridized carbons (Fsp3) is 0.429. The van der Waals surface area contributed by atoms with E-state index in [2.05, 4.69) is 16.5 Å². The van der Waals surface area contributed by atoms with Gasteiger partial charge in [0, 0.05) is 32.3 Å². The minimum absolute atomic E-state index is 0.0332. The number of hydrogen-bond donors (Lipinski definition) is 1. The number of pyridine rings is 1. The number of aromatic hydroxyl groups is 1. The third-order valence-electron chi connectivity index (χ3n) is 7.86. The van der Waals surface area contributed by atoms with Gasteiger partial charge in [-0.1, -0.05) is 12.6 Å². The molecule has 0 saturated carbocycles. The lowest BCUT2D eigenvalue weighted by atomic mass is 9.93. The zero-order valence-corrected chi connectivity index (χ0v) is 22.2. The summed E-state index contributed by atoms with van der Waals surface area (Å²) in [6.45, 7) is 8.65. The maximum atomic E-state index is 16.3. The highest BCUT2D eigenvalue weighted by molar-refractivity contribution is 5.96. The summed E-state index contributed by atoms with van der Waals surface area (Å²) >= 11 is 0. The molecule has 10 nitrogen and oxygen atoms in total. The van der Waals surface area contributed by atoms with Gasteiger partial charge in [-0.05, 0) is 44.9 Å². The summed E-state index contributed by atoms with van der Waals surface area (Å²) in [4.78, 5) is 38.4. The van der Waals surface area contributed by atoms with Gasteiger partial charge in [0.15, 0.2) is 17.2 Å². The van der Waals surface area contributed by atoms with Gasteiger partial charge in [0.25, 0.3) is 0 Å². The van der Waals surface area contributed by atoms with E-state index in [0.717, 1.165) is 6.07 Å². The Morgan fingerprint density at radius 3 is 2.75 bits per heavy atom. The van der Waals surface area contributed by atoms with Crippen LogP contribution in [0.2, 0.25) is 0 Å². The molecule has 1 amide bonds. The molecule has 1 N–H and O–H groups in total. The fourth-order valence-electron chi connectivity index (χ4n) is 5.99. The van der Waals surface area contributed by atoms with E-state index in [4.69, 9.17) is 9.47 Å². The number of nitrogens with zero attached hydrogens (tertiary/aromatic N) is 5. The van der Waals surface area contributed by atoms with Crippen molar-refractivity contribution in [3.8, 4) is 22.8 Å². The summed E-state index contributed by atoms with van der Waals surface area (Å²) in [7, 11) is 0. The summed E-state index contributed by atoms with van der Waals surface area (Å²) in [5, 5.41) is 10.7. The number of ether oxygens (including phenoxy) is 2. The molecular weight excluding hydrogens is 524 g/mol. The van der Waals surface area contributed by atoms with Crippen molar-refractivity contribution in [1.29, 1.82) is 0 Å². The van der Waals surface area contributed by atoms with Crippen LogP contribution in [0.25, 0.3) is 22.3 Å². The second-order valence-corrected chi connectivity index (χ2v) is 10.9. The summed E-state index contributed by atoms with van der Waals surface area (Å²) in [5.74, 6) is -2.65. The second kappa shape index (κ2) is 9.54. The van der Waals surface area contributed by atoms with Gasteiger partial charge in [-0.25, -0.2) is 18.6 Å². The topological polar surface area (TPSA) is 110 Å². The van der Waals surface area contributed by atoms with Crippen molar-refractivity contribution in [2.75, 3.05) is 37.7 Å². The number of anilines is 1. The predicted molar refractivity (Wildman–Crippen MR) is 143 cm³/mol. The third-order valence-corrected chi connectivity index (χ3v) is 7.86. The summed E-state index contributed by atoms with van der Waals surface area (Å²) in [6.07, 6.45) is 2.18. The van der Waals surface area contributed by atoms with Gasteiger partial charge in [0.2, 0.25) is 5.91 Å². The maximum Gasteiger partial charge on any atom is 0.351 e. The molecule has 2 atom stereocenters. The van der Waals surface area contributed by atoms with E-state index in [-0.39, 0.29) is 47.7 Å². The van der Waals surface area contributed by atoms with E-state index >= 15 is 4.39 Å². The van der Waals surface area contributed by atoms with E-state index in [1.54, 1.807) is 4.90 Å². The Kier molecular flexibility index (Phi) is 6.25. The Morgan fingerprint density at radius 1 is 1.23 bits per heavy atom. The van der Waals surface area contributed by atoms with Crippen molar-refractivity contribution >= 4 is 22.8 Å². The molecular formula is C28H29F2N5O5. The molecule has 6 rings (SSSR count). The van der Waals surface area contributed by atoms with E-state index in [9.17, 15) is 19.1 Å². The molecule has 12 heteroatoms. The molecule has 5 heterocycles. The van der Waals surface area contributed by atoms with Crippen LogP contribution >= 0.6 is 0 Å². The van der Waals surface area contributed by atoms with Crippen LogP contribution in [0.3, 0.4) is 0 Å². The van der Waals surface area contributed by atoms with Crippen molar-refractivity contribution < 1.29 is 28.2 Å². The molecule has 2 saturated heterocycles. The number of aromatic nitrogens is 3. The summed E-state index contributed by atoms with van der Waals surface area (Å²) in [5.41, 5.74) is -1.96. The number of fused-ring (bicyclic) bond motifs is 2. The zero-order valence-electron chi connectivity index (χ0n) is 22.2. The van der Waals surface area contributed by atoms with Crippen molar-refractivity contribution in [2.45, 2.75) is 44.4 Å². The Labute approximate surface area is 228 Å². The largest absolute Gasteiger partial charge is 0.507 e. The zero-order chi connectivity index (χ0) is 28.3. The highest BCUT2D eigenvalue weighted by Gasteiger charge is 2.39. The fourth-order valence-corrected chi connectivity index (χ4v) is 5.99. The van der Waals surface area contributed by atoms with Crippen LogP contribution in [0.15, 0.2) is 35.6 Å². The van der Waals surface area contributed by atoms with Gasteiger partial charge in [0.1, 0.15) is 35.1 Å². The number of carbonyl (C=O) groups is 1. The van der Waals surface area contributed by atoms with Crippen LogP contribution in [0.4, 0.5) is 14.6 Å². The molecule has 1 aromatic carbocycles. The molecule has 2 aromatic heterocycles. The first-order chi connectivity index (χ1) is 19.1. The van der Waals surface area contributed by atoms with Crippen LogP contribution in [0.5, 0.6) is 11.5 Å². The lowest BCUT2D eigenvalue weighted by molar-refractivity contribution is -0.126. The number of amides is 1. The number of phenols is 1. The normalized spacial score (nSPS) is 21.9. The van der Waals surface area contributed by atoms with Crippen LogP contribution in [0, 0.1) is 11.6 Å². The van der Waals surface area contributed by atoms with Crippen LogP contribution < -0.4 is 15.3 Å². The predicted octanol–water partition coefficient (Wildman–Crippen LogP) is 3.17. The summed E-state index contributed by atoms with van der Waals surface area (Å²) < 4.78 is 44.6. The Morgan fingerprint density at radius 2 is 2.02 bits per heavy atom. The molecule has 210 valence electrons. The number of carbonyl (C=O) groups excluding carboxylic acids is 1. The van der Waals surface area contributed by atoms with Crippen molar-refractivity contribution in [2.24, 2.45) is 0 Å². The number of benzene rings is 1. The van der Waals surface area contributed by atoms with Crippen LogP contribution in [-0.2, 0) is 9.53 Å². The number of halogens is 2. The SMILES string of the molecule is C=CC(=O)N1CCN2c3nc(=O)n([C@@H]4CCOC(C)(C)C4)c4nc(-c5c(O)cccc5F)c(F)c(c34)OC[C@H]2C1. The Hall–Kier alpha value is -4.06. The van der Waals surface area contributed by atoms with E-state index in [1.165, 1.54) is 22.8 Å². The van der Waals surface area contributed by atoms with Crippen molar-refractivity contribution in [3.05, 3.63) is 53.0 Å². The quantitative estimate of drug-likeness (QED) is 0.493. The van der Waals surface area contributed by atoms with Gasteiger partial charge in [0.05, 0.1) is 17.2 Å². The van der Waals surface area contributed by atoms with Gasteiger partial charge in [-0.15, -0.1) is 0 Å². The Balaban J connectivity index is 1.62. The standard InChI is InChI=1S/C28H29F2N5O5/c1-4-19(37)33-9-10-34-16(13-33)14-39-24-21-25(34)32-27(38)35(15-8-11-40-28(2,3)12-15)26(21)31-23(22(24)30)20-17(29)6-5-7-18(20)36/h4-7,15-16,36H,1,8-14H2,2-3H3/t15-,16-/m1/s1. The van der Waals surface area contributed by atoms with Gasteiger partial charge >= 0.3 is 5.69 Å². The molecule has 0 radical (unpaired) electrons. The van der Waals surface area contributed by atoms with E-state index < -0.39 is 46.0 Å². The van der Waals surface area contributed by atoms with E-state index in [0.29, 0.717) is 32.5 Å². The minimum atomic E-state index is -0.979. The first-order valence-corrected chi connectivity index (χ1v) is 13.2. The van der Waals surface area contributed by atoms with Gasteiger partial charge < -0.3 is 24.4 Å². The van der Waals surface area contributed by atoms with Gasteiger partial charge in [-0.3, -0.25) is 9.36 Å². The van der Waals surface area contributed by atoms with Crippen LogP contribution in [-0.4, -0.2) is 74.9 Å². The number of hydrogen-bond acceptors (Lipinski definition) is 8. The molecule has 3 aromatic rings. The molecule has 3 aliphatic heterocycles. The third kappa shape index (κ3) is 4.17. The minimum Gasteiger partial charge on any atom is -0.507 e. The lowest BCUT2D eigenvalue weighted by Gasteiger charge is -2.40. The first-order valence-electron chi connectivity index (χ1n) is 13.2. The number of phenolic OH excluding ortho intramolecular Hbond substituents is 1. The first kappa shape index (κ1) is 26.2. The van der Waals surface area contributed by atoms with Crippen molar-refractivity contribution in [1.82, 2.24) is 19.4 Å². The molecule has 2 fully saturated rings. The number of piperazine rings is 1. The van der Waals surface area contributed by atoms with Crippen LogP contribution in [0.1, 0.15) is 32.7 Å². The van der Waals surface area contributed by atoms with E-state index in [1.807, 2.05) is 18.7 Å². The average molecular weight is 554 g/mol. The molecule has 40 heavy (non-hydrogen) atoms. The highest BCUT2D eigenvalue weighted by Crippen LogP contribution is 2.44. The molecule has 0 bridgehead atoms. The highest BCUT2D eigenvalue weighted by atomic mass is 19.1. The average Bonchev–Trinajstić information content (AvgIpc) is 3.07.